The number of hydrogen-bond donors (Lipinski definition) is 4. The van der Waals surface area contributed by atoms with Crippen LogP contribution in [0.4, 0.5) is 10.6 Å². The van der Waals surface area contributed by atoms with Gasteiger partial charge in [0.1, 0.15) is 12.4 Å². The van der Waals surface area contributed by atoms with Gasteiger partial charge in [0, 0.05) is 23.2 Å². The van der Waals surface area contributed by atoms with Crippen molar-refractivity contribution in [3.05, 3.63) is 71.4 Å². The molecule has 0 saturated carbocycles. The molecule has 0 aliphatic carbocycles. The van der Waals surface area contributed by atoms with E-state index < -0.39 is 17.7 Å². The molecule has 36 heavy (non-hydrogen) atoms. The van der Waals surface area contributed by atoms with E-state index in [1.165, 1.54) is 0 Å². The molecule has 0 aliphatic heterocycles. The van der Waals surface area contributed by atoms with Gasteiger partial charge < -0.3 is 20.5 Å². The number of benzene rings is 2. The van der Waals surface area contributed by atoms with Gasteiger partial charge in [-0.25, -0.2) is 9.78 Å². The summed E-state index contributed by atoms with van der Waals surface area (Å²) in [4.78, 5) is 29.1. The predicted molar refractivity (Wildman–Crippen MR) is 142 cm³/mol. The number of hydrogen-bond acceptors (Lipinski definition) is 6. The Hall–Kier alpha value is -3.20. The van der Waals surface area contributed by atoms with E-state index in [2.05, 4.69) is 20.9 Å². The maximum absolute atomic E-state index is 12.5. The van der Waals surface area contributed by atoms with Crippen LogP contribution in [0.1, 0.15) is 38.7 Å². The van der Waals surface area contributed by atoms with Crippen LogP contribution in [0.2, 0.25) is 5.02 Å². The van der Waals surface area contributed by atoms with Gasteiger partial charge in [-0.3, -0.25) is 10.1 Å². The Morgan fingerprint density at radius 2 is 1.83 bits per heavy atom. The van der Waals surface area contributed by atoms with Crippen molar-refractivity contribution in [1.82, 2.24) is 15.6 Å². The minimum absolute atomic E-state index is 0.0124. The van der Waals surface area contributed by atoms with Gasteiger partial charge in [-0.1, -0.05) is 54.1 Å². The first-order valence-corrected chi connectivity index (χ1v) is 12.3. The van der Waals surface area contributed by atoms with Gasteiger partial charge in [0.15, 0.2) is 0 Å². The Kier molecular flexibility index (Phi) is 10.0. The molecular weight excluding hydrogens is 480 g/mol. The maximum Gasteiger partial charge on any atom is 0.412 e. The lowest BCUT2D eigenvalue weighted by atomic mass is 9.99. The number of carbonyl (C=O) groups excluding carboxylic acids is 2. The quantitative estimate of drug-likeness (QED) is 0.281. The Morgan fingerprint density at radius 3 is 2.58 bits per heavy atom. The summed E-state index contributed by atoms with van der Waals surface area (Å²) in [5, 5.41) is 21.2. The third kappa shape index (κ3) is 9.45. The lowest BCUT2D eigenvalue weighted by molar-refractivity contribution is -0.121. The third-order valence-corrected chi connectivity index (χ3v) is 5.91. The molecule has 2 aromatic carbocycles. The second-order valence-corrected chi connectivity index (χ2v) is 9.71. The monoisotopic (exact) mass is 512 g/mol. The number of fused-ring (bicyclic) bond motifs is 1. The highest BCUT2D eigenvalue weighted by molar-refractivity contribution is 6.31. The van der Waals surface area contributed by atoms with Crippen LogP contribution in [-0.4, -0.2) is 46.9 Å². The summed E-state index contributed by atoms with van der Waals surface area (Å²) >= 11 is 6.16. The molecule has 0 saturated heterocycles. The number of carbonyl (C=O) groups is 2. The molecule has 3 rings (SSSR count). The van der Waals surface area contributed by atoms with Crippen molar-refractivity contribution in [2.24, 2.45) is 0 Å². The number of pyridine rings is 1. The van der Waals surface area contributed by atoms with Crippen LogP contribution in [-0.2, 0) is 16.1 Å². The number of halogens is 1. The van der Waals surface area contributed by atoms with E-state index in [9.17, 15) is 14.7 Å². The predicted octanol–water partition coefficient (Wildman–Crippen LogP) is 4.65. The Morgan fingerprint density at radius 1 is 1.11 bits per heavy atom. The minimum Gasteiger partial charge on any atom is -0.447 e. The fourth-order valence-electron chi connectivity index (χ4n) is 3.68. The van der Waals surface area contributed by atoms with E-state index in [-0.39, 0.29) is 19.1 Å². The zero-order valence-electron chi connectivity index (χ0n) is 20.6. The zero-order chi connectivity index (χ0) is 26.0. The van der Waals surface area contributed by atoms with Gasteiger partial charge in [0.05, 0.1) is 18.2 Å². The van der Waals surface area contributed by atoms with Crippen molar-refractivity contribution in [2.45, 2.75) is 51.3 Å². The Bertz CT molecular complexity index is 1170. The van der Waals surface area contributed by atoms with Crippen LogP contribution in [0, 0.1) is 0 Å². The summed E-state index contributed by atoms with van der Waals surface area (Å²) in [6.45, 7) is 4.00. The fraction of sp³-hybridized carbons (Fsp3) is 0.370. The van der Waals surface area contributed by atoms with E-state index in [4.69, 9.17) is 16.3 Å². The zero-order valence-corrected chi connectivity index (χ0v) is 21.3. The van der Waals surface area contributed by atoms with Crippen LogP contribution < -0.4 is 16.0 Å². The number of nitrogens with one attached hydrogen (secondary N) is 3. The molecule has 2 amide bonds. The molecule has 0 fully saturated rings. The molecule has 8 nitrogen and oxygen atoms in total. The molecule has 0 spiro atoms. The normalized spacial score (nSPS) is 12.2. The topological polar surface area (TPSA) is 113 Å². The summed E-state index contributed by atoms with van der Waals surface area (Å²) in [5.74, 6) is 0.153. The first-order chi connectivity index (χ1) is 17.2. The molecule has 192 valence electrons. The highest BCUT2D eigenvalue weighted by Gasteiger charge is 2.18. The van der Waals surface area contributed by atoms with E-state index in [0.717, 1.165) is 16.3 Å². The van der Waals surface area contributed by atoms with Crippen molar-refractivity contribution in [3.63, 3.8) is 0 Å². The Labute approximate surface area is 216 Å². The first kappa shape index (κ1) is 27.4. The van der Waals surface area contributed by atoms with Crippen molar-refractivity contribution >= 4 is 40.2 Å². The van der Waals surface area contributed by atoms with Gasteiger partial charge in [-0.15, -0.1) is 0 Å². The molecule has 0 aliphatic rings. The van der Waals surface area contributed by atoms with Crippen molar-refractivity contribution in [2.75, 3.05) is 18.5 Å². The number of aliphatic hydroxyl groups is 1. The third-order valence-electron chi connectivity index (χ3n) is 5.54. The number of rotatable bonds is 12. The minimum atomic E-state index is -0.814. The molecule has 3 aromatic rings. The molecule has 0 radical (unpaired) electrons. The highest BCUT2D eigenvalue weighted by Crippen LogP contribution is 2.17. The van der Waals surface area contributed by atoms with Gasteiger partial charge >= 0.3 is 6.09 Å². The number of nitrogens with zero attached hydrogens (tertiary/aromatic N) is 1. The van der Waals surface area contributed by atoms with Gasteiger partial charge in [-0.05, 0) is 56.2 Å². The van der Waals surface area contributed by atoms with Crippen LogP contribution >= 0.6 is 11.6 Å². The van der Waals surface area contributed by atoms with Crippen molar-refractivity contribution < 1.29 is 19.4 Å². The van der Waals surface area contributed by atoms with E-state index in [1.54, 1.807) is 32.2 Å². The van der Waals surface area contributed by atoms with Gasteiger partial charge in [-0.2, -0.15) is 0 Å². The molecule has 4 N–H and O–H groups in total. The molecule has 0 bridgehead atoms. The van der Waals surface area contributed by atoms with E-state index in [0.29, 0.717) is 36.6 Å². The summed E-state index contributed by atoms with van der Waals surface area (Å²) in [6.07, 6.45) is 2.77. The SMILES string of the molecule is CC(C)(O)CCC[C@@H](COC(=O)Nc1cc2ccccc2cn1)NC(=O)CNCc1ccccc1Cl. The fourth-order valence-corrected chi connectivity index (χ4v) is 3.88. The second-order valence-electron chi connectivity index (χ2n) is 9.30. The summed E-state index contributed by atoms with van der Waals surface area (Å²) in [7, 11) is 0. The number of aromatic nitrogens is 1. The highest BCUT2D eigenvalue weighted by atomic mass is 35.5. The number of anilines is 1. The first-order valence-electron chi connectivity index (χ1n) is 11.9. The van der Waals surface area contributed by atoms with Crippen LogP contribution in [0.25, 0.3) is 10.8 Å². The molecule has 1 heterocycles. The standard InChI is InChI=1S/C27H33ClN4O4/c1-27(2,35)13-7-11-22(31-25(33)17-29-15-21-10-5-6-12-23(21)28)18-36-26(34)32-24-14-19-8-3-4-9-20(19)16-30-24/h3-6,8-10,12,14,16,22,29,35H,7,11,13,15,17-18H2,1-2H3,(H,31,33)(H,30,32,34)/t22-/m0/s1. The van der Waals surface area contributed by atoms with Crippen LogP contribution in [0.3, 0.4) is 0 Å². The van der Waals surface area contributed by atoms with E-state index in [1.807, 2.05) is 42.5 Å². The second kappa shape index (κ2) is 13.2. The molecular formula is C27H33ClN4O4. The van der Waals surface area contributed by atoms with Crippen molar-refractivity contribution in [1.29, 1.82) is 0 Å². The largest absolute Gasteiger partial charge is 0.447 e. The number of amides is 2. The number of ether oxygens (including phenoxy) is 1. The summed E-state index contributed by atoms with van der Waals surface area (Å²) in [6, 6.07) is 16.5. The van der Waals surface area contributed by atoms with Gasteiger partial charge in [0.25, 0.3) is 0 Å². The molecule has 1 atom stereocenters. The van der Waals surface area contributed by atoms with Crippen LogP contribution in [0.5, 0.6) is 0 Å². The summed E-state index contributed by atoms with van der Waals surface area (Å²) in [5.41, 5.74) is 0.0846. The average molecular weight is 513 g/mol. The lowest BCUT2D eigenvalue weighted by Gasteiger charge is -2.22. The summed E-state index contributed by atoms with van der Waals surface area (Å²) < 4.78 is 5.39. The van der Waals surface area contributed by atoms with Gasteiger partial charge in [0.2, 0.25) is 5.91 Å². The smallest absolute Gasteiger partial charge is 0.412 e. The molecule has 9 heteroatoms. The van der Waals surface area contributed by atoms with E-state index >= 15 is 0 Å². The average Bonchev–Trinajstić information content (AvgIpc) is 2.83. The molecule has 1 aromatic heterocycles. The van der Waals surface area contributed by atoms with Crippen LogP contribution in [0.15, 0.2) is 60.8 Å². The maximum atomic E-state index is 12.5. The Balaban J connectivity index is 1.50. The lowest BCUT2D eigenvalue weighted by Crippen LogP contribution is -2.43. The molecule has 0 unspecified atom stereocenters. The van der Waals surface area contributed by atoms with Crippen molar-refractivity contribution in [3.8, 4) is 0 Å².